The zero-order valence-electron chi connectivity index (χ0n) is 17.9. The quantitative estimate of drug-likeness (QED) is 0.534. The van der Waals surface area contributed by atoms with Crippen molar-refractivity contribution in [3.05, 3.63) is 58.6 Å². The van der Waals surface area contributed by atoms with Gasteiger partial charge in [-0.3, -0.25) is 4.79 Å². The van der Waals surface area contributed by atoms with Crippen molar-refractivity contribution in [3.63, 3.8) is 0 Å². The molecule has 1 amide bonds. The van der Waals surface area contributed by atoms with Gasteiger partial charge < -0.3 is 15.2 Å². The first-order valence-electron chi connectivity index (χ1n) is 9.65. The number of halogens is 4. The number of aromatic nitrogens is 3. The first-order valence-corrected chi connectivity index (χ1v) is 10.0. The van der Waals surface area contributed by atoms with Crippen molar-refractivity contribution < 1.29 is 27.8 Å². The molecule has 0 aliphatic heterocycles. The van der Waals surface area contributed by atoms with Crippen molar-refractivity contribution in [2.45, 2.75) is 32.2 Å². The van der Waals surface area contributed by atoms with Crippen LogP contribution in [0.1, 0.15) is 25.0 Å². The molecule has 0 aliphatic rings. The standard InChI is InChI=1S/C22H20ClF3N4O3/c1-21(2,33-3)19(31)27-11-12-4-9-16(23)15(10-12)18-28-17(29-20(32)30-18)13-5-7-14(8-6-13)22(24,25)26/h4-10H,11H2,1-3H3,(H,27,31)(H,28,29,30,32). The van der Waals surface area contributed by atoms with Crippen LogP contribution in [0.15, 0.2) is 42.5 Å². The monoisotopic (exact) mass is 480 g/mol. The van der Waals surface area contributed by atoms with Gasteiger partial charge in [-0.15, -0.1) is 0 Å². The lowest BCUT2D eigenvalue weighted by molar-refractivity contribution is -0.139. The van der Waals surface area contributed by atoms with E-state index in [0.29, 0.717) is 11.1 Å². The van der Waals surface area contributed by atoms with Crippen molar-refractivity contribution in [1.82, 2.24) is 20.3 Å². The molecule has 0 radical (unpaired) electrons. The Hall–Kier alpha value is -3.24. The maximum atomic E-state index is 12.8. The van der Waals surface area contributed by atoms with Gasteiger partial charge in [-0.05, 0) is 43.7 Å². The van der Waals surface area contributed by atoms with E-state index in [-0.39, 0.29) is 34.7 Å². The summed E-state index contributed by atoms with van der Waals surface area (Å²) in [6, 6.07) is 8.49. The highest BCUT2D eigenvalue weighted by Gasteiger charge is 2.30. The molecule has 3 rings (SSSR count). The normalized spacial score (nSPS) is 12.0. The van der Waals surface area contributed by atoms with Crippen LogP contribution in [0.3, 0.4) is 0 Å². The Morgan fingerprint density at radius 2 is 1.70 bits per heavy atom. The molecular weight excluding hydrogens is 461 g/mol. The number of aromatic hydroxyl groups is 1. The minimum atomic E-state index is -4.48. The Balaban J connectivity index is 1.91. The number of carbonyl (C=O) groups excluding carboxylic acids is 1. The summed E-state index contributed by atoms with van der Waals surface area (Å²) < 4.78 is 43.6. The van der Waals surface area contributed by atoms with Crippen LogP contribution in [0.25, 0.3) is 22.8 Å². The lowest BCUT2D eigenvalue weighted by atomic mass is 10.1. The van der Waals surface area contributed by atoms with Crippen molar-refractivity contribution in [3.8, 4) is 28.8 Å². The van der Waals surface area contributed by atoms with Crippen molar-refractivity contribution in [1.29, 1.82) is 0 Å². The Morgan fingerprint density at radius 3 is 2.30 bits per heavy atom. The summed E-state index contributed by atoms with van der Waals surface area (Å²) in [5.41, 5.74) is -0.556. The zero-order valence-corrected chi connectivity index (χ0v) is 18.6. The van der Waals surface area contributed by atoms with Gasteiger partial charge in [0.2, 0.25) is 0 Å². The summed E-state index contributed by atoms with van der Waals surface area (Å²) in [7, 11) is 1.43. The summed E-state index contributed by atoms with van der Waals surface area (Å²) in [5, 5.41) is 13.0. The average molecular weight is 481 g/mol. The van der Waals surface area contributed by atoms with E-state index in [0.717, 1.165) is 12.1 Å². The second kappa shape index (κ2) is 9.32. The van der Waals surface area contributed by atoms with Crippen LogP contribution >= 0.6 is 11.6 Å². The molecule has 0 saturated heterocycles. The second-order valence-corrected chi connectivity index (χ2v) is 7.98. The molecule has 0 spiro atoms. The predicted octanol–water partition coefficient (Wildman–Crippen LogP) is 4.62. The van der Waals surface area contributed by atoms with E-state index >= 15 is 0 Å². The number of amides is 1. The van der Waals surface area contributed by atoms with Gasteiger partial charge in [-0.2, -0.15) is 23.1 Å². The molecule has 0 unspecified atom stereocenters. The summed E-state index contributed by atoms with van der Waals surface area (Å²) >= 11 is 6.30. The Morgan fingerprint density at radius 1 is 1.06 bits per heavy atom. The van der Waals surface area contributed by atoms with Gasteiger partial charge in [0, 0.05) is 24.8 Å². The van der Waals surface area contributed by atoms with Crippen LogP contribution in [-0.4, -0.2) is 38.7 Å². The van der Waals surface area contributed by atoms with E-state index in [1.807, 2.05) is 0 Å². The van der Waals surface area contributed by atoms with E-state index in [2.05, 4.69) is 20.3 Å². The number of hydrogen-bond donors (Lipinski definition) is 2. The van der Waals surface area contributed by atoms with Gasteiger partial charge >= 0.3 is 12.2 Å². The summed E-state index contributed by atoms with van der Waals surface area (Å²) in [5.74, 6) is -0.320. The van der Waals surface area contributed by atoms with Crippen LogP contribution in [0.5, 0.6) is 6.01 Å². The molecule has 7 nitrogen and oxygen atoms in total. The highest BCUT2D eigenvalue weighted by molar-refractivity contribution is 6.33. The molecule has 11 heteroatoms. The average Bonchev–Trinajstić information content (AvgIpc) is 2.77. The summed E-state index contributed by atoms with van der Waals surface area (Å²) in [6.45, 7) is 3.43. The van der Waals surface area contributed by atoms with Crippen LogP contribution in [-0.2, 0) is 22.3 Å². The molecule has 174 valence electrons. The number of nitrogens with one attached hydrogen (secondary N) is 1. The number of rotatable bonds is 6. The molecule has 1 heterocycles. The molecule has 0 atom stereocenters. The Labute approximate surface area is 192 Å². The molecule has 0 bridgehead atoms. The van der Waals surface area contributed by atoms with E-state index in [1.54, 1.807) is 32.0 Å². The largest absolute Gasteiger partial charge is 0.479 e. The summed E-state index contributed by atoms with van der Waals surface area (Å²) in [6.07, 6.45) is -4.48. The molecular formula is C22H20ClF3N4O3. The van der Waals surface area contributed by atoms with Gasteiger partial charge in [0.15, 0.2) is 11.6 Å². The van der Waals surface area contributed by atoms with Gasteiger partial charge in [0.25, 0.3) is 5.91 Å². The highest BCUT2D eigenvalue weighted by Crippen LogP contribution is 2.32. The molecule has 2 aromatic carbocycles. The van der Waals surface area contributed by atoms with E-state index < -0.39 is 23.4 Å². The lowest BCUT2D eigenvalue weighted by Gasteiger charge is -2.21. The number of alkyl halides is 3. The van der Waals surface area contributed by atoms with Crippen molar-refractivity contribution >= 4 is 17.5 Å². The number of hydrogen-bond acceptors (Lipinski definition) is 6. The lowest BCUT2D eigenvalue weighted by Crippen LogP contribution is -2.43. The smallest absolute Gasteiger partial charge is 0.416 e. The molecule has 3 aromatic rings. The third-order valence-corrected chi connectivity index (χ3v) is 5.21. The first kappa shape index (κ1) is 24.4. The number of methoxy groups -OCH3 is 1. The fourth-order valence-corrected chi connectivity index (χ4v) is 2.97. The SMILES string of the molecule is COC(C)(C)C(=O)NCc1ccc(Cl)c(-c2nc(O)nc(-c3ccc(C(F)(F)F)cc3)n2)c1. The zero-order chi connectivity index (χ0) is 24.4. The number of carbonyl (C=O) groups is 1. The van der Waals surface area contributed by atoms with Crippen LogP contribution < -0.4 is 5.32 Å². The van der Waals surface area contributed by atoms with Gasteiger partial charge in [-0.1, -0.05) is 29.8 Å². The second-order valence-electron chi connectivity index (χ2n) is 7.57. The molecule has 0 fully saturated rings. The van der Waals surface area contributed by atoms with E-state index in [1.165, 1.54) is 19.2 Å². The van der Waals surface area contributed by atoms with Crippen LogP contribution in [0.2, 0.25) is 5.02 Å². The molecule has 0 aliphatic carbocycles. The highest BCUT2D eigenvalue weighted by atomic mass is 35.5. The molecule has 1 aromatic heterocycles. The van der Waals surface area contributed by atoms with Gasteiger partial charge in [0.1, 0.15) is 5.60 Å². The van der Waals surface area contributed by atoms with E-state index in [4.69, 9.17) is 16.3 Å². The van der Waals surface area contributed by atoms with Crippen molar-refractivity contribution in [2.75, 3.05) is 7.11 Å². The van der Waals surface area contributed by atoms with Crippen LogP contribution in [0, 0.1) is 0 Å². The predicted molar refractivity (Wildman–Crippen MR) is 115 cm³/mol. The minimum Gasteiger partial charge on any atom is -0.479 e. The Bertz CT molecular complexity index is 1170. The maximum absolute atomic E-state index is 12.8. The third kappa shape index (κ3) is 5.77. The third-order valence-electron chi connectivity index (χ3n) is 4.88. The van der Waals surface area contributed by atoms with E-state index in [9.17, 15) is 23.1 Å². The topological polar surface area (TPSA) is 97.2 Å². The van der Waals surface area contributed by atoms with Crippen LogP contribution in [0.4, 0.5) is 13.2 Å². The molecule has 33 heavy (non-hydrogen) atoms. The van der Waals surface area contributed by atoms with Crippen molar-refractivity contribution in [2.24, 2.45) is 0 Å². The number of nitrogens with zero attached hydrogens (tertiary/aromatic N) is 3. The first-order chi connectivity index (χ1) is 15.4. The molecule has 0 saturated carbocycles. The maximum Gasteiger partial charge on any atom is 0.416 e. The number of ether oxygens (including phenoxy) is 1. The fraction of sp³-hybridized carbons (Fsp3) is 0.273. The van der Waals surface area contributed by atoms with Gasteiger partial charge in [-0.25, -0.2) is 4.98 Å². The summed E-state index contributed by atoms with van der Waals surface area (Å²) in [4.78, 5) is 24.2. The molecule has 2 N–H and O–H groups in total. The Kier molecular flexibility index (Phi) is 6.89. The number of benzene rings is 2. The van der Waals surface area contributed by atoms with Gasteiger partial charge in [0.05, 0.1) is 10.6 Å². The fourth-order valence-electron chi connectivity index (χ4n) is 2.76. The minimum absolute atomic E-state index is 0.0211.